The van der Waals surface area contributed by atoms with Crippen LogP contribution in [0.2, 0.25) is 0 Å². The van der Waals surface area contributed by atoms with Gasteiger partial charge in [0.05, 0.1) is 10.1 Å². The molecule has 0 bridgehead atoms. The van der Waals surface area contributed by atoms with E-state index >= 15 is 0 Å². The van der Waals surface area contributed by atoms with Gasteiger partial charge in [0.2, 0.25) is 0 Å². The maximum atomic E-state index is 5.45. The highest BCUT2D eigenvalue weighted by atomic mass is 32.1. The van der Waals surface area contributed by atoms with Gasteiger partial charge in [0.15, 0.2) is 17.5 Å². The predicted molar refractivity (Wildman–Crippen MR) is 243 cm³/mol. The second-order valence-electron chi connectivity index (χ2n) is 14.7. The third-order valence-electron chi connectivity index (χ3n) is 11.5. The molecule has 274 valence electrons. The van der Waals surface area contributed by atoms with Crippen LogP contribution in [0, 0.1) is 12.1 Å². The van der Waals surface area contributed by atoms with Crippen molar-refractivity contribution in [3.63, 3.8) is 0 Å². The molecule has 0 saturated carbocycles. The molecule has 0 fully saturated rings. The van der Waals surface area contributed by atoms with Gasteiger partial charge < -0.3 is 0 Å². The summed E-state index contributed by atoms with van der Waals surface area (Å²) in [6, 6.07) is 70.7. The van der Waals surface area contributed by atoms with Gasteiger partial charge in [0.25, 0.3) is 0 Å². The first-order chi connectivity index (χ1) is 29.3. The van der Waals surface area contributed by atoms with Gasteiger partial charge in [-0.05, 0) is 57.6 Å². The zero-order valence-electron chi connectivity index (χ0n) is 31.4. The lowest BCUT2D eigenvalue weighted by Crippen LogP contribution is -2.28. The third kappa shape index (κ3) is 5.16. The van der Waals surface area contributed by atoms with E-state index in [2.05, 4.69) is 170 Å². The van der Waals surface area contributed by atoms with Crippen molar-refractivity contribution in [2.45, 2.75) is 5.41 Å². The number of thiazole rings is 1. The molecule has 0 amide bonds. The van der Waals surface area contributed by atoms with Crippen LogP contribution in [0.4, 0.5) is 0 Å². The van der Waals surface area contributed by atoms with Crippen molar-refractivity contribution in [3.8, 4) is 55.9 Å². The molecular formula is C53H30N4S2. The molecule has 59 heavy (non-hydrogen) atoms. The molecule has 1 aliphatic rings. The molecule has 0 N–H and O–H groups in total. The predicted octanol–water partition coefficient (Wildman–Crippen LogP) is 13.5. The molecule has 0 spiro atoms. The Kier molecular flexibility index (Phi) is 7.67. The zero-order valence-corrected chi connectivity index (χ0v) is 33.1. The number of hydrogen-bond donors (Lipinski definition) is 0. The molecule has 0 radical (unpaired) electrons. The standard InChI is InChI=1S/C53H30N4S2/c1-4-17-33(18-5-1)49-55-50(38-25-15-29-42-46(38)36-23-10-11-28-41(36)53(42,34-19-6-2-7-20-34)35-21-8-3-9-22-35)57-51(56-49)39-26-16-32-45-47(39)37-24-14-27-40(48(37)58-45)52-54-43-30-12-13-31-44(43)59-52/h1-11,13-29,31-32H. The van der Waals surface area contributed by atoms with Crippen LogP contribution in [-0.2, 0) is 5.41 Å². The Hall–Kier alpha value is -7.30. The first-order valence-electron chi connectivity index (χ1n) is 19.6. The van der Waals surface area contributed by atoms with Crippen LogP contribution < -0.4 is 0 Å². The molecule has 0 saturated heterocycles. The SMILES string of the molecule is c1ccc2sc(-c3cccc4c3sc3cccc(-c5nc(-c6ccccc6)nc(-c6cccc7c6-c6ccccc6C7(c6ccccc6)c6ccccc6)n5)c34)nc2c#1. The summed E-state index contributed by atoms with van der Waals surface area (Å²) in [6.45, 7) is 0. The maximum absolute atomic E-state index is 5.45. The molecule has 6 heteroatoms. The molecule has 12 rings (SSSR count). The maximum Gasteiger partial charge on any atom is 0.164 e. The minimum Gasteiger partial charge on any atom is -0.227 e. The minimum absolute atomic E-state index is 0.541. The highest BCUT2D eigenvalue weighted by molar-refractivity contribution is 7.27. The molecule has 0 aliphatic heterocycles. The van der Waals surface area contributed by atoms with E-state index in [0.717, 1.165) is 53.8 Å². The summed E-state index contributed by atoms with van der Waals surface area (Å²) in [5.41, 5.74) is 11.5. The Morgan fingerprint density at radius 2 is 1.05 bits per heavy atom. The van der Waals surface area contributed by atoms with Gasteiger partial charge >= 0.3 is 0 Å². The quantitative estimate of drug-likeness (QED) is 0.168. The van der Waals surface area contributed by atoms with E-state index in [1.807, 2.05) is 24.3 Å². The Balaban J connectivity index is 1.12. The molecule has 3 aromatic heterocycles. The van der Waals surface area contributed by atoms with E-state index in [1.54, 1.807) is 22.7 Å². The number of fused-ring (bicyclic) bond motifs is 7. The van der Waals surface area contributed by atoms with Gasteiger partial charge in [-0.2, -0.15) is 0 Å². The van der Waals surface area contributed by atoms with Crippen molar-refractivity contribution >= 4 is 53.1 Å². The molecular weight excluding hydrogens is 757 g/mol. The lowest BCUT2D eigenvalue weighted by molar-refractivity contribution is 0.768. The zero-order chi connectivity index (χ0) is 38.9. The van der Waals surface area contributed by atoms with Gasteiger partial charge in [-0.3, -0.25) is 0 Å². The summed E-state index contributed by atoms with van der Waals surface area (Å²) in [6.07, 6.45) is 0. The molecule has 4 nitrogen and oxygen atoms in total. The van der Waals surface area contributed by atoms with E-state index in [-0.39, 0.29) is 0 Å². The largest absolute Gasteiger partial charge is 0.227 e. The lowest BCUT2D eigenvalue weighted by atomic mass is 9.67. The topological polar surface area (TPSA) is 51.6 Å². The Morgan fingerprint density at radius 1 is 0.441 bits per heavy atom. The van der Waals surface area contributed by atoms with E-state index in [0.29, 0.717) is 17.5 Å². The van der Waals surface area contributed by atoms with Crippen LogP contribution in [0.25, 0.3) is 86.3 Å². The number of benzene rings is 7. The molecule has 8 aromatic carbocycles. The number of hydrogen-bond acceptors (Lipinski definition) is 6. The average molecular weight is 787 g/mol. The fraction of sp³-hybridized carbons (Fsp3) is 0.0189. The number of aromatic nitrogens is 4. The highest BCUT2D eigenvalue weighted by Crippen LogP contribution is 2.58. The van der Waals surface area contributed by atoms with Crippen LogP contribution in [0.5, 0.6) is 0 Å². The van der Waals surface area contributed by atoms with E-state index in [1.165, 1.54) is 37.2 Å². The molecule has 11 aromatic rings. The minimum atomic E-state index is -0.541. The normalized spacial score (nSPS) is 12.7. The first-order valence-corrected chi connectivity index (χ1v) is 21.2. The van der Waals surface area contributed by atoms with E-state index in [9.17, 15) is 0 Å². The second-order valence-corrected chi connectivity index (χ2v) is 16.8. The summed E-state index contributed by atoms with van der Waals surface area (Å²) in [5, 5.41) is 3.26. The van der Waals surface area contributed by atoms with Crippen molar-refractivity contribution in [3.05, 3.63) is 216 Å². The van der Waals surface area contributed by atoms with Crippen molar-refractivity contribution in [1.29, 1.82) is 0 Å². The Bertz CT molecular complexity index is 3320. The van der Waals surface area contributed by atoms with Crippen molar-refractivity contribution in [2.75, 3.05) is 0 Å². The van der Waals surface area contributed by atoms with Crippen LogP contribution in [0.3, 0.4) is 0 Å². The smallest absolute Gasteiger partial charge is 0.164 e. The summed E-state index contributed by atoms with van der Waals surface area (Å²) in [5.74, 6) is 1.90. The Labute approximate surface area is 348 Å². The van der Waals surface area contributed by atoms with Crippen molar-refractivity contribution in [2.24, 2.45) is 0 Å². The van der Waals surface area contributed by atoms with Gasteiger partial charge in [-0.15, -0.1) is 22.7 Å². The summed E-state index contributed by atoms with van der Waals surface area (Å²) < 4.78 is 3.45. The Morgan fingerprint density at radius 3 is 1.83 bits per heavy atom. The van der Waals surface area contributed by atoms with E-state index in [4.69, 9.17) is 19.9 Å². The van der Waals surface area contributed by atoms with Gasteiger partial charge in [-0.1, -0.05) is 170 Å². The molecule has 1 aliphatic carbocycles. The number of rotatable bonds is 6. The molecule has 0 atom stereocenters. The van der Waals surface area contributed by atoms with Crippen molar-refractivity contribution in [1.82, 2.24) is 19.9 Å². The highest BCUT2D eigenvalue weighted by Gasteiger charge is 2.47. The summed E-state index contributed by atoms with van der Waals surface area (Å²) in [7, 11) is 0. The first kappa shape index (κ1) is 33.8. The van der Waals surface area contributed by atoms with Crippen LogP contribution >= 0.6 is 22.7 Å². The monoisotopic (exact) mass is 786 g/mol. The van der Waals surface area contributed by atoms with Crippen LogP contribution in [0.15, 0.2) is 182 Å². The lowest BCUT2D eigenvalue weighted by Gasteiger charge is -2.33. The summed E-state index contributed by atoms with van der Waals surface area (Å²) in [4.78, 5) is 21.0. The van der Waals surface area contributed by atoms with Crippen molar-refractivity contribution < 1.29 is 0 Å². The average Bonchev–Trinajstić information content (AvgIpc) is 4.01. The molecule has 3 heterocycles. The van der Waals surface area contributed by atoms with E-state index < -0.39 is 5.41 Å². The molecule has 0 unspecified atom stereocenters. The van der Waals surface area contributed by atoms with Crippen LogP contribution in [0.1, 0.15) is 22.3 Å². The van der Waals surface area contributed by atoms with Gasteiger partial charge in [0.1, 0.15) is 10.5 Å². The number of nitrogens with zero attached hydrogens (tertiary/aromatic N) is 4. The van der Waals surface area contributed by atoms with Gasteiger partial charge in [0, 0.05) is 42.4 Å². The van der Waals surface area contributed by atoms with Gasteiger partial charge in [-0.25, -0.2) is 19.9 Å². The van der Waals surface area contributed by atoms with Crippen LogP contribution in [-0.4, -0.2) is 19.9 Å². The summed E-state index contributed by atoms with van der Waals surface area (Å²) >= 11 is 3.47. The second kappa shape index (κ2) is 13.4. The fourth-order valence-corrected chi connectivity index (χ4v) is 11.4. The third-order valence-corrected chi connectivity index (χ3v) is 13.8. The number of thiophene rings is 1. The fourth-order valence-electron chi connectivity index (χ4n) is 9.09.